The molecule has 3 nitrogen and oxygen atoms in total. The highest BCUT2D eigenvalue weighted by molar-refractivity contribution is 9.11. The summed E-state index contributed by atoms with van der Waals surface area (Å²) in [5, 5.41) is 19.1. The normalized spacial score (nSPS) is 14.1. The molecule has 0 aromatic heterocycles. The van der Waals surface area contributed by atoms with Crippen molar-refractivity contribution in [3.63, 3.8) is 0 Å². The minimum absolute atomic E-state index is 0. The summed E-state index contributed by atoms with van der Waals surface area (Å²) in [5.74, 6) is 0.0734. The van der Waals surface area contributed by atoms with Crippen LogP contribution >= 0.6 is 60.2 Å². The second-order valence-electron chi connectivity index (χ2n) is 3.18. The van der Waals surface area contributed by atoms with Crippen molar-refractivity contribution in [2.45, 2.75) is 19.1 Å². The van der Waals surface area contributed by atoms with Crippen LogP contribution in [0.4, 0.5) is 0 Å². The van der Waals surface area contributed by atoms with Gasteiger partial charge in [0.15, 0.2) is 0 Å². The summed E-state index contributed by atoms with van der Waals surface area (Å²) >= 11 is 9.79. The van der Waals surface area contributed by atoms with Gasteiger partial charge in [-0.1, -0.05) is 15.9 Å². The standard InChI is InChI=1S/C9H10Br3NO2.ClH/c1-3(14)8(13)6-4(10)2-5(11)9(15)7(6)12;/h2-3,8,14-15H,13H2,1H3;1H/t3-,8-;/m1./s1. The smallest absolute Gasteiger partial charge is 0.144 e. The van der Waals surface area contributed by atoms with Gasteiger partial charge in [0.25, 0.3) is 0 Å². The number of aliphatic hydroxyl groups is 1. The molecule has 0 spiro atoms. The van der Waals surface area contributed by atoms with Crippen LogP contribution in [0, 0.1) is 0 Å². The number of phenols is 1. The molecule has 92 valence electrons. The van der Waals surface area contributed by atoms with E-state index >= 15 is 0 Å². The van der Waals surface area contributed by atoms with Crippen LogP contribution in [0.5, 0.6) is 5.75 Å². The first kappa shape index (κ1) is 16.7. The molecule has 7 heteroatoms. The fourth-order valence-corrected chi connectivity index (χ4v) is 3.79. The summed E-state index contributed by atoms with van der Waals surface area (Å²) in [5.41, 5.74) is 6.47. The summed E-state index contributed by atoms with van der Waals surface area (Å²) < 4.78 is 1.77. The number of phenolic OH excluding ortho intramolecular Hbond substituents is 1. The van der Waals surface area contributed by atoms with Crippen molar-refractivity contribution < 1.29 is 10.2 Å². The highest BCUT2D eigenvalue weighted by atomic mass is 79.9. The molecule has 0 saturated heterocycles. The molecule has 0 radical (unpaired) electrons. The van der Waals surface area contributed by atoms with Crippen LogP contribution in [0.25, 0.3) is 0 Å². The monoisotopic (exact) mass is 437 g/mol. The topological polar surface area (TPSA) is 66.5 Å². The molecular formula is C9H11Br3ClNO2. The number of nitrogens with two attached hydrogens (primary N) is 1. The highest BCUT2D eigenvalue weighted by Crippen LogP contribution is 2.42. The summed E-state index contributed by atoms with van der Waals surface area (Å²) in [4.78, 5) is 0. The average molecular weight is 440 g/mol. The van der Waals surface area contributed by atoms with Gasteiger partial charge in [0.1, 0.15) is 5.75 Å². The number of halogens is 4. The highest BCUT2D eigenvalue weighted by Gasteiger charge is 2.21. The first-order valence-electron chi connectivity index (χ1n) is 4.16. The summed E-state index contributed by atoms with van der Waals surface area (Å²) in [6.07, 6.45) is -0.696. The molecule has 1 aromatic rings. The minimum Gasteiger partial charge on any atom is -0.506 e. The third-order valence-corrected chi connectivity index (χ3v) is 4.10. The van der Waals surface area contributed by atoms with Crippen LogP contribution in [-0.2, 0) is 0 Å². The lowest BCUT2D eigenvalue weighted by Crippen LogP contribution is -2.24. The van der Waals surface area contributed by atoms with E-state index in [1.165, 1.54) is 0 Å². The van der Waals surface area contributed by atoms with Gasteiger partial charge in [0.05, 0.1) is 21.1 Å². The summed E-state index contributed by atoms with van der Waals surface area (Å²) in [7, 11) is 0. The maximum Gasteiger partial charge on any atom is 0.144 e. The van der Waals surface area contributed by atoms with Crippen molar-refractivity contribution >= 4 is 60.2 Å². The van der Waals surface area contributed by atoms with Gasteiger partial charge in [-0.05, 0) is 44.8 Å². The molecule has 0 heterocycles. The summed E-state index contributed by atoms with van der Waals surface area (Å²) in [6.45, 7) is 1.60. The molecule has 0 bridgehead atoms. The third-order valence-electron chi connectivity index (χ3n) is 2.03. The van der Waals surface area contributed by atoms with Gasteiger partial charge in [-0.15, -0.1) is 12.4 Å². The number of rotatable bonds is 2. The van der Waals surface area contributed by atoms with Gasteiger partial charge >= 0.3 is 0 Å². The van der Waals surface area contributed by atoms with Gasteiger partial charge in [-0.2, -0.15) is 0 Å². The lowest BCUT2D eigenvalue weighted by Gasteiger charge is -2.19. The van der Waals surface area contributed by atoms with E-state index in [0.717, 1.165) is 4.47 Å². The Morgan fingerprint density at radius 2 is 1.75 bits per heavy atom. The molecule has 0 aliphatic carbocycles. The van der Waals surface area contributed by atoms with Crippen LogP contribution < -0.4 is 5.73 Å². The van der Waals surface area contributed by atoms with Gasteiger partial charge in [-0.3, -0.25) is 0 Å². The minimum atomic E-state index is -0.696. The van der Waals surface area contributed by atoms with Crippen LogP contribution in [0.3, 0.4) is 0 Å². The Labute approximate surface area is 125 Å². The quantitative estimate of drug-likeness (QED) is 0.660. The maximum absolute atomic E-state index is 9.69. The Morgan fingerprint density at radius 3 is 2.19 bits per heavy atom. The van der Waals surface area contributed by atoms with Crippen LogP contribution in [-0.4, -0.2) is 16.3 Å². The zero-order valence-electron chi connectivity index (χ0n) is 8.25. The molecule has 1 rings (SSSR count). The largest absolute Gasteiger partial charge is 0.506 e. The van der Waals surface area contributed by atoms with E-state index in [1.807, 2.05) is 0 Å². The molecule has 0 saturated carbocycles. The molecule has 0 aliphatic rings. The molecule has 0 aliphatic heterocycles. The Bertz CT molecular complexity index is 388. The SMILES string of the molecule is C[C@@H](O)[C@@H](N)c1c(Br)cc(Br)c(O)c1Br.Cl. The van der Waals surface area contributed by atoms with Crippen molar-refractivity contribution in [2.24, 2.45) is 5.73 Å². The van der Waals surface area contributed by atoms with Crippen molar-refractivity contribution in [2.75, 3.05) is 0 Å². The van der Waals surface area contributed by atoms with E-state index < -0.39 is 12.1 Å². The van der Waals surface area contributed by atoms with Crippen molar-refractivity contribution in [1.29, 1.82) is 0 Å². The maximum atomic E-state index is 9.69. The molecule has 0 unspecified atom stereocenters. The molecule has 0 fully saturated rings. The second kappa shape index (κ2) is 6.56. The zero-order chi connectivity index (χ0) is 11.7. The van der Waals surface area contributed by atoms with Gasteiger partial charge < -0.3 is 15.9 Å². The number of aromatic hydroxyl groups is 1. The fraction of sp³-hybridized carbons (Fsp3) is 0.333. The van der Waals surface area contributed by atoms with E-state index in [4.69, 9.17) is 5.73 Å². The molecule has 16 heavy (non-hydrogen) atoms. The van der Waals surface area contributed by atoms with Gasteiger partial charge in [-0.25, -0.2) is 0 Å². The van der Waals surface area contributed by atoms with E-state index in [1.54, 1.807) is 13.0 Å². The molecule has 1 aromatic carbocycles. The number of hydrogen-bond donors (Lipinski definition) is 3. The van der Waals surface area contributed by atoms with Crippen LogP contribution in [0.15, 0.2) is 19.5 Å². The zero-order valence-corrected chi connectivity index (χ0v) is 13.8. The fourth-order valence-electron chi connectivity index (χ4n) is 1.14. The Kier molecular flexibility index (Phi) is 6.84. The average Bonchev–Trinajstić information content (AvgIpc) is 2.14. The first-order chi connectivity index (χ1) is 6.86. The lowest BCUT2D eigenvalue weighted by atomic mass is 10.0. The first-order valence-corrected chi connectivity index (χ1v) is 6.54. The van der Waals surface area contributed by atoms with Crippen molar-refractivity contribution in [1.82, 2.24) is 0 Å². The van der Waals surface area contributed by atoms with E-state index in [2.05, 4.69) is 47.8 Å². The molecule has 2 atom stereocenters. The lowest BCUT2D eigenvalue weighted by molar-refractivity contribution is 0.163. The third kappa shape index (κ3) is 3.34. The number of benzene rings is 1. The second-order valence-corrected chi connectivity index (χ2v) is 5.68. The number of aliphatic hydroxyl groups excluding tert-OH is 1. The Balaban J connectivity index is 0.00000225. The number of hydrogen-bond acceptors (Lipinski definition) is 3. The predicted octanol–water partition coefficient (Wildman–Crippen LogP) is 3.48. The summed E-state index contributed by atoms with van der Waals surface area (Å²) in [6, 6.07) is 1.13. The van der Waals surface area contributed by atoms with E-state index in [9.17, 15) is 10.2 Å². The molecule has 0 amide bonds. The van der Waals surface area contributed by atoms with Crippen molar-refractivity contribution in [3.8, 4) is 5.75 Å². The predicted molar refractivity (Wildman–Crippen MR) is 77.1 cm³/mol. The van der Waals surface area contributed by atoms with Crippen molar-refractivity contribution in [3.05, 3.63) is 25.0 Å². The van der Waals surface area contributed by atoms with Gasteiger partial charge in [0.2, 0.25) is 0 Å². The van der Waals surface area contributed by atoms with Gasteiger partial charge in [0, 0.05) is 10.0 Å². The Hall–Kier alpha value is 0.670. The van der Waals surface area contributed by atoms with E-state index in [-0.39, 0.29) is 18.2 Å². The molecular weight excluding hydrogens is 429 g/mol. The van der Waals surface area contributed by atoms with Crippen LogP contribution in [0.2, 0.25) is 0 Å². The van der Waals surface area contributed by atoms with Crippen LogP contribution in [0.1, 0.15) is 18.5 Å². The molecule has 4 N–H and O–H groups in total. The Morgan fingerprint density at radius 1 is 1.25 bits per heavy atom. The van der Waals surface area contributed by atoms with E-state index in [0.29, 0.717) is 14.5 Å².